The van der Waals surface area contributed by atoms with Crippen LogP contribution in [-0.2, 0) is 0 Å². The van der Waals surface area contributed by atoms with Crippen LogP contribution in [0.25, 0.3) is 0 Å². The number of nitrogens with two attached hydrogens (primary N) is 1. The van der Waals surface area contributed by atoms with E-state index >= 15 is 0 Å². The Bertz CT molecular complexity index is 462. The van der Waals surface area contributed by atoms with Crippen LogP contribution in [0, 0.1) is 5.92 Å². The molecule has 0 bridgehead atoms. The van der Waals surface area contributed by atoms with Gasteiger partial charge in [-0.05, 0) is 50.7 Å². The molecule has 2 unspecified atom stereocenters. The van der Waals surface area contributed by atoms with Crippen molar-refractivity contribution in [1.82, 2.24) is 9.47 Å². The van der Waals surface area contributed by atoms with E-state index in [1.807, 2.05) is 24.0 Å². The summed E-state index contributed by atoms with van der Waals surface area (Å²) in [5, 5.41) is 0. The molecule has 1 aliphatic carbocycles. The van der Waals surface area contributed by atoms with Crippen LogP contribution >= 0.6 is 0 Å². The van der Waals surface area contributed by atoms with Gasteiger partial charge < -0.3 is 15.2 Å². The monoisotopic (exact) mass is 261 g/mol. The van der Waals surface area contributed by atoms with Crippen LogP contribution in [0.3, 0.4) is 0 Å². The van der Waals surface area contributed by atoms with Crippen molar-refractivity contribution in [2.45, 2.75) is 44.7 Å². The number of hydrogen-bond acceptors (Lipinski definition) is 2. The van der Waals surface area contributed by atoms with Gasteiger partial charge in [0.2, 0.25) is 0 Å². The van der Waals surface area contributed by atoms with Crippen LogP contribution in [0.2, 0.25) is 0 Å². The van der Waals surface area contributed by atoms with Crippen LogP contribution in [-0.4, -0.2) is 34.5 Å². The van der Waals surface area contributed by atoms with Crippen LogP contribution in [0.5, 0.6) is 0 Å². The topological polar surface area (TPSA) is 51.3 Å². The van der Waals surface area contributed by atoms with Gasteiger partial charge in [0.25, 0.3) is 5.91 Å². The number of likely N-dealkylation sites (tertiary alicyclic amines) is 1. The molecule has 4 nitrogen and oxygen atoms in total. The predicted octanol–water partition coefficient (Wildman–Crippen LogP) is 2.02. The molecule has 1 aromatic heterocycles. The second-order valence-corrected chi connectivity index (χ2v) is 6.04. The van der Waals surface area contributed by atoms with Crippen molar-refractivity contribution in [2.75, 3.05) is 13.1 Å². The summed E-state index contributed by atoms with van der Waals surface area (Å²) in [6.45, 7) is 3.70. The van der Waals surface area contributed by atoms with E-state index in [9.17, 15) is 4.79 Å². The molecule has 4 heteroatoms. The molecule has 1 amide bonds. The summed E-state index contributed by atoms with van der Waals surface area (Å²) in [5.41, 5.74) is 6.80. The highest BCUT2D eigenvalue weighted by Gasteiger charge is 2.31. The maximum Gasteiger partial charge on any atom is 0.270 e. The van der Waals surface area contributed by atoms with E-state index in [1.54, 1.807) is 0 Å². The van der Waals surface area contributed by atoms with E-state index in [-0.39, 0.29) is 11.9 Å². The van der Waals surface area contributed by atoms with E-state index in [2.05, 4.69) is 10.8 Å². The molecule has 2 atom stereocenters. The molecule has 0 spiro atoms. The van der Waals surface area contributed by atoms with E-state index in [1.165, 1.54) is 19.3 Å². The van der Waals surface area contributed by atoms with Crippen molar-refractivity contribution in [3.8, 4) is 0 Å². The summed E-state index contributed by atoms with van der Waals surface area (Å²) in [4.78, 5) is 14.6. The Morgan fingerprint density at radius 3 is 2.79 bits per heavy atom. The zero-order valence-corrected chi connectivity index (χ0v) is 11.6. The minimum atomic E-state index is 0.177. The van der Waals surface area contributed by atoms with Crippen molar-refractivity contribution in [3.05, 3.63) is 24.0 Å². The molecule has 0 aromatic carbocycles. The maximum absolute atomic E-state index is 12.6. The molecule has 2 N–H and O–H groups in total. The summed E-state index contributed by atoms with van der Waals surface area (Å²) < 4.78 is 2.17. The van der Waals surface area contributed by atoms with Gasteiger partial charge in [0, 0.05) is 31.4 Å². The molecular formula is C15H23N3O. The Morgan fingerprint density at radius 2 is 2.21 bits per heavy atom. The molecule has 1 saturated carbocycles. The van der Waals surface area contributed by atoms with Crippen molar-refractivity contribution in [3.63, 3.8) is 0 Å². The first-order valence-electron chi connectivity index (χ1n) is 7.38. The summed E-state index contributed by atoms with van der Waals surface area (Å²) in [6, 6.07) is 4.67. The Hall–Kier alpha value is -1.29. The number of carbonyl (C=O) groups is 1. The lowest BCUT2D eigenvalue weighted by atomic mass is 9.93. The molecule has 1 saturated heterocycles. The third-order valence-corrected chi connectivity index (χ3v) is 4.72. The quantitative estimate of drug-likeness (QED) is 0.905. The van der Waals surface area contributed by atoms with E-state index < -0.39 is 0 Å². The third-order valence-electron chi connectivity index (χ3n) is 4.72. The molecule has 104 valence electrons. The second kappa shape index (κ2) is 5.00. The lowest BCUT2D eigenvalue weighted by Gasteiger charge is -2.29. The smallest absolute Gasteiger partial charge is 0.270 e. The predicted molar refractivity (Wildman–Crippen MR) is 75.0 cm³/mol. The minimum absolute atomic E-state index is 0.177. The van der Waals surface area contributed by atoms with Crippen molar-refractivity contribution in [1.29, 1.82) is 0 Å². The summed E-state index contributed by atoms with van der Waals surface area (Å²) >= 11 is 0. The minimum Gasteiger partial charge on any atom is -0.340 e. The number of amides is 1. The second-order valence-electron chi connectivity index (χ2n) is 6.04. The number of nitrogens with zero attached hydrogens (tertiary/aromatic N) is 2. The number of carbonyl (C=O) groups excluding carboxylic acids is 1. The Labute approximate surface area is 114 Å². The molecular weight excluding hydrogens is 238 g/mol. The fourth-order valence-electron chi connectivity index (χ4n) is 3.12. The van der Waals surface area contributed by atoms with Crippen LogP contribution in [0.4, 0.5) is 0 Å². The Balaban J connectivity index is 1.72. The van der Waals surface area contributed by atoms with Crippen LogP contribution < -0.4 is 5.73 Å². The maximum atomic E-state index is 12.6. The van der Waals surface area contributed by atoms with Gasteiger partial charge in [-0.2, -0.15) is 0 Å². The van der Waals surface area contributed by atoms with Gasteiger partial charge in [0.1, 0.15) is 5.69 Å². The average Bonchev–Trinajstić information content (AvgIpc) is 2.94. The van der Waals surface area contributed by atoms with Crippen molar-refractivity contribution < 1.29 is 4.79 Å². The molecule has 3 rings (SSSR count). The average molecular weight is 261 g/mol. The molecule has 2 fully saturated rings. The van der Waals surface area contributed by atoms with E-state index in [0.29, 0.717) is 12.0 Å². The highest BCUT2D eigenvalue weighted by molar-refractivity contribution is 5.93. The van der Waals surface area contributed by atoms with Crippen LogP contribution in [0.1, 0.15) is 49.1 Å². The number of rotatable bonds is 3. The molecule has 2 aliphatic rings. The largest absolute Gasteiger partial charge is 0.340 e. The van der Waals surface area contributed by atoms with Gasteiger partial charge in [0.15, 0.2) is 0 Å². The highest BCUT2D eigenvalue weighted by Crippen LogP contribution is 2.33. The first-order chi connectivity index (χ1) is 9.16. The normalized spacial score (nSPS) is 25.4. The number of aromatic nitrogens is 1. The molecule has 0 radical (unpaired) electrons. The zero-order valence-electron chi connectivity index (χ0n) is 11.6. The van der Waals surface area contributed by atoms with Gasteiger partial charge in [-0.1, -0.05) is 0 Å². The summed E-state index contributed by atoms with van der Waals surface area (Å²) in [5.74, 6) is 0.635. The zero-order chi connectivity index (χ0) is 13.4. The lowest BCUT2D eigenvalue weighted by Crippen LogP contribution is -2.34. The van der Waals surface area contributed by atoms with Crippen molar-refractivity contribution >= 4 is 5.91 Å². The molecule has 2 heterocycles. The van der Waals surface area contributed by atoms with E-state index in [4.69, 9.17) is 5.73 Å². The Morgan fingerprint density at radius 1 is 1.42 bits per heavy atom. The lowest BCUT2D eigenvalue weighted by molar-refractivity contribution is 0.0769. The van der Waals surface area contributed by atoms with Crippen LogP contribution in [0.15, 0.2) is 18.3 Å². The SMILES string of the molecule is CC(N)C1CCN(C(=O)c2cccn2C2CCC2)C1. The molecule has 1 aliphatic heterocycles. The van der Waals surface area contributed by atoms with Crippen molar-refractivity contribution in [2.24, 2.45) is 11.7 Å². The first kappa shape index (κ1) is 12.7. The van der Waals surface area contributed by atoms with E-state index in [0.717, 1.165) is 25.2 Å². The summed E-state index contributed by atoms with van der Waals surface area (Å²) in [6.07, 6.45) is 6.78. The fraction of sp³-hybridized carbons (Fsp3) is 0.667. The van der Waals surface area contributed by atoms with Gasteiger partial charge in [-0.15, -0.1) is 0 Å². The van der Waals surface area contributed by atoms with Gasteiger partial charge in [0.05, 0.1) is 0 Å². The fourth-order valence-corrected chi connectivity index (χ4v) is 3.12. The number of hydrogen-bond donors (Lipinski definition) is 1. The van der Waals surface area contributed by atoms with Gasteiger partial charge in [-0.25, -0.2) is 0 Å². The highest BCUT2D eigenvalue weighted by atomic mass is 16.2. The standard InChI is InChI=1S/C15H23N3O/c1-11(16)12-7-9-17(10-12)15(19)14-6-3-8-18(14)13-4-2-5-13/h3,6,8,11-13H,2,4-5,7,9-10,16H2,1H3. The third kappa shape index (κ3) is 2.29. The molecule has 19 heavy (non-hydrogen) atoms. The molecule has 1 aromatic rings. The first-order valence-corrected chi connectivity index (χ1v) is 7.38. The Kier molecular flexibility index (Phi) is 3.35. The van der Waals surface area contributed by atoms with Gasteiger partial charge >= 0.3 is 0 Å². The summed E-state index contributed by atoms with van der Waals surface area (Å²) in [7, 11) is 0. The van der Waals surface area contributed by atoms with Gasteiger partial charge in [-0.3, -0.25) is 4.79 Å².